The smallest absolute Gasteiger partial charge is 0.227 e. The van der Waals surface area contributed by atoms with Crippen LogP contribution in [0, 0.1) is 11.3 Å². The van der Waals surface area contributed by atoms with E-state index in [0.717, 1.165) is 24.9 Å². The lowest BCUT2D eigenvalue weighted by Crippen LogP contribution is -2.49. The van der Waals surface area contributed by atoms with Gasteiger partial charge in [0.05, 0.1) is 20.1 Å². The summed E-state index contributed by atoms with van der Waals surface area (Å²) in [5, 5.41) is 3.11. The first-order chi connectivity index (χ1) is 13.5. The Morgan fingerprint density at radius 1 is 1.10 bits per heavy atom. The molecule has 162 valence electrons. The first-order valence-corrected chi connectivity index (χ1v) is 10.3. The molecule has 29 heavy (non-hydrogen) atoms. The molecule has 0 aromatic heterocycles. The number of hydrogen-bond acceptors (Lipinski definition) is 4. The van der Waals surface area contributed by atoms with Crippen molar-refractivity contribution in [3.8, 4) is 11.5 Å². The summed E-state index contributed by atoms with van der Waals surface area (Å²) in [6, 6.07) is 5.84. The molecular formula is C23H36N2O4. The molecule has 6 nitrogen and oxygen atoms in total. The van der Waals surface area contributed by atoms with Crippen LogP contribution in [0.2, 0.25) is 0 Å². The van der Waals surface area contributed by atoms with Crippen LogP contribution >= 0.6 is 0 Å². The Hall–Kier alpha value is -2.24. The van der Waals surface area contributed by atoms with E-state index in [1.807, 2.05) is 43.9 Å². The number of hydrogen-bond donors (Lipinski definition) is 1. The summed E-state index contributed by atoms with van der Waals surface area (Å²) in [6.45, 7) is 11.7. The number of amides is 2. The summed E-state index contributed by atoms with van der Waals surface area (Å²) < 4.78 is 10.7. The van der Waals surface area contributed by atoms with Gasteiger partial charge in [-0.1, -0.05) is 40.7 Å². The second kappa shape index (κ2) is 9.06. The van der Waals surface area contributed by atoms with Gasteiger partial charge >= 0.3 is 0 Å². The first-order valence-electron chi connectivity index (χ1n) is 10.3. The largest absolute Gasteiger partial charge is 0.493 e. The van der Waals surface area contributed by atoms with Crippen molar-refractivity contribution in [2.24, 2.45) is 11.3 Å². The summed E-state index contributed by atoms with van der Waals surface area (Å²) in [6.07, 6.45) is 1.68. The van der Waals surface area contributed by atoms with Crippen LogP contribution in [0.25, 0.3) is 0 Å². The van der Waals surface area contributed by atoms with Crippen molar-refractivity contribution in [2.45, 2.75) is 52.9 Å². The van der Waals surface area contributed by atoms with E-state index in [1.165, 1.54) is 0 Å². The number of rotatable bonds is 6. The van der Waals surface area contributed by atoms with Crippen LogP contribution in [0.15, 0.2) is 18.2 Å². The molecule has 2 rings (SSSR count). The molecule has 1 aromatic carbocycles. The Balaban J connectivity index is 2.01. The van der Waals surface area contributed by atoms with E-state index in [4.69, 9.17) is 9.47 Å². The number of piperidine rings is 1. The molecule has 1 aliphatic heterocycles. The second-order valence-corrected chi connectivity index (χ2v) is 9.51. The highest BCUT2D eigenvalue weighted by Crippen LogP contribution is 2.33. The molecule has 6 heteroatoms. The summed E-state index contributed by atoms with van der Waals surface area (Å²) in [5.74, 6) is 1.33. The van der Waals surface area contributed by atoms with E-state index < -0.39 is 5.41 Å². The average Bonchev–Trinajstić information content (AvgIpc) is 2.70. The highest BCUT2D eigenvalue weighted by Gasteiger charge is 2.34. The molecule has 1 atom stereocenters. The standard InChI is InChI=1S/C23H36N2O4/c1-22(2,3)21(27)25-12-8-9-16(14-25)20(26)24-15-23(4,5)17-10-11-18(28-6)19(13-17)29-7/h10-11,13,16H,8-9,12,14-15H2,1-7H3,(H,24,26). The molecule has 0 saturated carbocycles. The van der Waals surface area contributed by atoms with E-state index in [0.29, 0.717) is 24.6 Å². The number of ether oxygens (including phenoxy) is 2. The molecule has 1 fully saturated rings. The number of nitrogens with zero attached hydrogens (tertiary/aromatic N) is 1. The summed E-state index contributed by atoms with van der Waals surface area (Å²) in [4.78, 5) is 27.2. The van der Waals surface area contributed by atoms with Gasteiger partial charge in [0, 0.05) is 30.5 Å². The van der Waals surface area contributed by atoms with E-state index in [1.54, 1.807) is 14.2 Å². The molecule has 0 radical (unpaired) electrons. The normalized spacial score (nSPS) is 17.6. The highest BCUT2D eigenvalue weighted by molar-refractivity contribution is 5.84. The van der Waals surface area contributed by atoms with Crippen molar-refractivity contribution in [2.75, 3.05) is 33.9 Å². The van der Waals surface area contributed by atoms with Crippen LogP contribution in [0.4, 0.5) is 0 Å². The third-order valence-corrected chi connectivity index (χ3v) is 5.59. The third-order valence-electron chi connectivity index (χ3n) is 5.59. The molecule has 0 aliphatic carbocycles. The Morgan fingerprint density at radius 3 is 2.34 bits per heavy atom. The molecule has 1 N–H and O–H groups in total. The molecular weight excluding hydrogens is 368 g/mol. The van der Waals surface area contributed by atoms with Crippen molar-refractivity contribution in [1.29, 1.82) is 0 Å². The minimum absolute atomic E-state index is 0.0185. The number of likely N-dealkylation sites (tertiary alicyclic amines) is 1. The molecule has 2 amide bonds. The molecule has 1 aliphatic rings. The van der Waals surface area contributed by atoms with Crippen LogP contribution in [0.5, 0.6) is 11.5 Å². The summed E-state index contributed by atoms with van der Waals surface area (Å²) in [5.41, 5.74) is 0.363. The Bertz CT molecular complexity index is 737. The number of carbonyl (C=O) groups is 2. The Labute approximate surface area is 174 Å². The number of benzene rings is 1. The molecule has 1 aromatic rings. The van der Waals surface area contributed by atoms with Crippen molar-refractivity contribution >= 4 is 11.8 Å². The molecule has 1 heterocycles. The molecule has 0 spiro atoms. The summed E-state index contributed by atoms with van der Waals surface area (Å²) in [7, 11) is 3.23. The zero-order valence-corrected chi connectivity index (χ0v) is 18.9. The molecule has 0 bridgehead atoms. The highest BCUT2D eigenvalue weighted by atomic mass is 16.5. The predicted molar refractivity (Wildman–Crippen MR) is 114 cm³/mol. The van der Waals surface area contributed by atoms with Gasteiger partial charge < -0.3 is 19.7 Å². The van der Waals surface area contributed by atoms with E-state index in [2.05, 4.69) is 19.2 Å². The maximum atomic E-state index is 12.8. The second-order valence-electron chi connectivity index (χ2n) is 9.51. The van der Waals surface area contributed by atoms with Gasteiger partial charge in [0.15, 0.2) is 11.5 Å². The number of methoxy groups -OCH3 is 2. The van der Waals surface area contributed by atoms with E-state index >= 15 is 0 Å². The Morgan fingerprint density at radius 2 is 1.76 bits per heavy atom. The van der Waals surface area contributed by atoms with Gasteiger partial charge in [0.1, 0.15) is 0 Å². The SMILES string of the molecule is COc1ccc(C(C)(C)CNC(=O)C2CCCN(C(=O)C(C)(C)C)C2)cc1OC. The van der Waals surface area contributed by atoms with Gasteiger partial charge in [-0.2, -0.15) is 0 Å². The fraction of sp³-hybridized carbons (Fsp3) is 0.652. The monoisotopic (exact) mass is 404 g/mol. The van der Waals surface area contributed by atoms with E-state index in [9.17, 15) is 9.59 Å². The predicted octanol–water partition coefficient (Wildman–Crippen LogP) is 3.38. The lowest BCUT2D eigenvalue weighted by Gasteiger charge is -2.36. The topological polar surface area (TPSA) is 67.9 Å². The van der Waals surface area contributed by atoms with Crippen LogP contribution in [-0.4, -0.2) is 50.6 Å². The van der Waals surface area contributed by atoms with Crippen LogP contribution in [0.1, 0.15) is 53.0 Å². The fourth-order valence-corrected chi connectivity index (χ4v) is 3.66. The first kappa shape index (κ1) is 23.0. The maximum absolute atomic E-state index is 12.8. The van der Waals surface area contributed by atoms with Gasteiger partial charge in [0.2, 0.25) is 11.8 Å². The van der Waals surface area contributed by atoms with Crippen LogP contribution in [0.3, 0.4) is 0 Å². The minimum atomic E-state index is -0.423. The molecule has 1 saturated heterocycles. The van der Waals surface area contributed by atoms with Crippen molar-refractivity contribution in [3.63, 3.8) is 0 Å². The van der Waals surface area contributed by atoms with Crippen molar-refractivity contribution in [1.82, 2.24) is 10.2 Å². The molecule has 1 unspecified atom stereocenters. The zero-order chi connectivity index (χ0) is 21.8. The Kier molecular flexibility index (Phi) is 7.20. The van der Waals surface area contributed by atoms with Gasteiger partial charge in [-0.3, -0.25) is 9.59 Å². The van der Waals surface area contributed by atoms with Gasteiger partial charge in [-0.25, -0.2) is 0 Å². The van der Waals surface area contributed by atoms with Crippen molar-refractivity contribution < 1.29 is 19.1 Å². The van der Waals surface area contributed by atoms with Crippen LogP contribution in [-0.2, 0) is 15.0 Å². The maximum Gasteiger partial charge on any atom is 0.227 e. The van der Waals surface area contributed by atoms with Gasteiger partial charge in [-0.15, -0.1) is 0 Å². The van der Waals surface area contributed by atoms with Gasteiger partial charge in [0.25, 0.3) is 0 Å². The third kappa shape index (κ3) is 5.64. The zero-order valence-electron chi connectivity index (χ0n) is 18.9. The lowest BCUT2D eigenvalue weighted by molar-refractivity contribution is -0.142. The summed E-state index contributed by atoms with van der Waals surface area (Å²) >= 11 is 0. The van der Waals surface area contributed by atoms with Gasteiger partial charge in [-0.05, 0) is 30.5 Å². The number of nitrogens with one attached hydrogen (secondary N) is 1. The van der Waals surface area contributed by atoms with Crippen molar-refractivity contribution in [3.05, 3.63) is 23.8 Å². The number of carbonyl (C=O) groups excluding carboxylic acids is 2. The van der Waals surface area contributed by atoms with E-state index in [-0.39, 0.29) is 23.1 Å². The fourth-order valence-electron chi connectivity index (χ4n) is 3.66. The minimum Gasteiger partial charge on any atom is -0.493 e. The van der Waals surface area contributed by atoms with Crippen LogP contribution < -0.4 is 14.8 Å². The lowest BCUT2D eigenvalue weighted by atomic mass is 9.84. The average molecular weight is 405 g/mol. The quantitative estimate of drug-likeness (QED) is 0.789.